The molecule has 2 aliphatic rings. The number of ether oxygens (including phenoxy) is 2. The highest BCUT2D eigenvalue weighted by atomic mass is 16.5. The fourth-order valence-corrected chi connectivity index (χ4v) is 3.31. The first-order valence-corrected chi connectivity index (χ1v) is 7.53. The molecule has 1 N–H and O–H groups in total. The van der Waals surface area contributed by atoms with Gasteiger partial charge in [0.15, 0.2) is 0 Å². The van der Waals surface area contributed by atoms with E-state index in [-0.39, 0.29) is 23.6 Å². The summed E-state index contributed by atoms with van der Waals surface area (Å²) < 4.78 is 11.2. The molecule has 2 fully saturated rings. The third kappa shape index (κ3) is 3.11. The molecule has 3 atom stereocenters. The van der Waals surface area contributed by atoms with Crippen LogP contribution >= 0.6 is 0 Å². The van der Waals surface area contributed by atoms with E-state index in [0.29, 0.717) is 5.92 Å². The van der Waals surface area contributed by atoms with Gasteiger partial charge in [-0.25, -0.2) is 0 Å². The van der Waals surface area contributed by atoms with Crippen molar-refractivity contribution < 1.29 is 14.3 Å². The quantitative estimate of drug-likeness (QED) is 0.794. The Morgan fingerprint density at radius 1 is 1.32 bits per heavy atom. The van der Waals surface area contributed by atoms with Gasteiger partial charge in [-0.05, 0) is 38.1 Å². The first-order chi connectivity index (χ1) is 9.08. The molecule has 1 saturated heterocycles. The van der Waals surface area contributed by atoms with Crippen LogP contribution in [0.2, 0.25) is 0 Å². The molecular formula is C15H27NO3. The Balaban J connectivity index is 1.95. The summed E-state index contributed by atoms with van der Waals surface area (Å²) in [6.45, 7) is 5.91. The fraction of sp³-hybridized carbons (Fsp3) is 0.933. The Labute approximate surface area is 116 Å². The van der Waals surface area contributed by atoms with Gasteiger partial charge < -0.3 is 14.8 Å². The van der Waals surface area contributed by atoms with E-state index >= 15 is 0 Å². The first-order valence-electron chi connectivity index (χ1n) is 7.53. The van der Waals surface area contributed by atoms with Gasteiger partial charge in [-0.3, -0.25) is 4.79 Å². The maximum Gasteiger partial charge on any atom is 0.313 e. The lowest BCUT2D eigenvalue weighted by molar-refractivity contribution is -0.166. The molecule has 1 aliphatic heterocycles. The lowest BCUT2D eigenvalue weighted by Gasteiger charge is -2.34. The zero-order chi connectivity index (χ0) is 13.9. The molecule has 1 aliphatic carbocycles. The van der Waals surface area contributed by atoms with Gasteiger partial charge >= 0.3 is 5.97 Å². The Morgan fingerprint density at radius 3 is 2.63 bits per heavy atom. The van der Waals surface area contributed by atoms with Crippen molar-refractivity contribution in [2.75, 3.05) is 20.2 Å². The van der Waals surface area contributed by atoms with Crippen molar-refractivity contribution >= 4 is 5.97 Å². The molecule has 3 unspecified atom stereocenters. The van der Waals surface area contributed by atoms with Crippen LogP contribution in [0.1, 0.15) is 46.0 Å². The average molecular weight is 269 g/mol. The van der Waals surface area contributed by atoms with Gasteiger partial charge in [-0.1, -0.05) is 13.8 Å². The summed E-state index contributed by atoms with van der Waals surface area (Å²) in [5.74, 6) is 0.311. The molecule has 1 heterocycles. The van der Waals surface area contributed by atoms with Gasteiger partial charge in [0.05, 0.1) is 11.5 Å². The zero-order valence-corrected chi connectivity index (χ0v) is 12.4. The molecular weight excluding hydrogens is 242 g/mol. The summed E-state index contributed by atoms with van der Waals surface area (Å²) in [6, 6.07) is 0. The molecule has 0 aromatic heterocycles. The van der Waals surface area contributed by atoms with Crippen molar-refractivity contribution in [1.82, 2.24) is 5.32 Å². The van der Waals surface area contributed by atoms with Crippen LogP contribution in [0.5, 0.6) is 0 Å². The van der Waals surface area contributed by atoms with E-state index in [1.807, 2.05) is 0 Å². The summed E-state index contributed by atoms with van der Waals surface area (Å²) >= 11 is 0. The molecule has 0 amide bonds. The number of rotatable bonds is 4. The van der Waals surface area contributed by atoms with Crippen LogP contribution in [0.4, 0.5) is 0 Å². The summed E-state index contributed by atoms with van der Waals surface area (Å²) in [5.41, 5.74) is -0.319. The van der Waals surface area contributed by atoms with E-state index in [1.54, 1.807) is 7.11 Å². The third-order valence-electron chi connectivity index (χ3n) is 4.89. The van der Waals surface area contributed by atoms with E-state index in [4.69, 9.17) is 9.47 Å². The zero-order valence-electron chi connectivity index (χ0n) is 12.4. The standard InChI is InChI=1S/C15H27NO3/c1-11(2)15(7-8-16-10-15)14(17)19-13-6-4-5-12(9-13)18-3/h11-13,16H,4-10H2,1-3H3. The number of carbonyl (C=O) groups excluding carboxylic acids is 1. The van der Waals surface area contributed by atoms with Crippen molar-refractivity contribution in [1.29, 1.82) is 0 Å². The van der Waals surface area contributed by atoms with Crippen LogP contribution in [0.3, 0.4) is 0 Å². The van der Waals surface area contributed by atoms with Gasteiger partial charge in [0.1, 0.15) is 6.10 Å². The summed E-state index contributed by atoms with van der Waals surface area (Å²) in [7, 11) is 1.74. The van der Waals surface area contributed by atoms with Crippen LogP contribution in [-0.4, -0.2) is 38.4 Å². The van der Waals surface area contributed by atoms with Crippen LogP contribution in [-0.2, 0) is 14.3 Å². The summed E-state index contributed by atoms with van der Waals surface area (Å²) in [5, 5.41) is 3.31. The molecule has 4 nitrogen and oxygen atoms in total. The van der Waals surface area contributed by atoms with Crippen molar-refractivity contribution in [3.8, 4) is 0 Å². The van der Waals surface area contributed by atoms with E-state index in [1.165, 1.54) is 0 Å². The minimum atomic E-state index is -0.319. The van der Waals surface area contributed by atoms with Crippen molar-refractivity contribution in [3.05, 3.63) is 0 Å². The van der Waals surface area contributed by atoms with E-state index in [9.17, 15) is 4.79 Å². The molecule has 2 rings (SSSR count). The minimum Gasteiger partial charge on any atom is -0.462 e. The monoisotopic (exact) mass is 269 g/mol. The van der Waals surface area contributed by atoms with Crippen molar-refractivity contribution in [2.24, 2.45) is 11.3 Å². The first kappa shape index (κ1) is 14.8. The molecule has 0 radical (unpaired) electrons. The molecule has 0 bridgehead atoms. The van der Waals surface area contributed by atoms with Gasteiger partial charge in [0.25, 0.3) is 0 Å². The number of hydrogen-bond acceptors (Lipinski definition) is 4. The van der Waals surface area contributed by atoms with Gasteiger partial charge in [0, 0.05) is 20.1 Å². The number of esters is 1. The van der Waals surface area contributed by atoms with Crippen molar-refractivity contribution in [2.45, 2.75) is 58.2 Å². The molecule has 110 valence electrons. The maximum atomic E-state index is 12.6. The second-order valence-corrected chi connectivity index (χ2v) is 6.29. The van der Waals surface area contributed by atoms with E-state index in [0.717, 1.165) is 45.2 Å². The lowest BCUT2D eigenvalue weighted by Crippen LogP contribution is -2.42. The van der Waals surface area contributed by atoms with E-state index in [2.05, 4.69) is 19.2 Å². The Morgan fingerprint density at radius 2 is 2.05 bits per heavy atom. The van der Waals surface area contributed by atoms with Crippen LogP contribution in [0.15, 0.2) is 0 Å². The highest BCUT2D eigenvalue weighted by Gasteiger charge is 2.46. The highest BCUT2D eigenvalue weighted by molar-refractivity contribution is 5.78. The topological polar surface area (TPSA) is 47.6 Å². The largest absolute Gasteiger partial charge is 0.462 e. The second kappa shape index (κ2) is 6.23. The Bertz CT molecular complexity index is 311. The predicted octanol–water partition coefficient (Wildman–Crippen LogP) is 2.12. The average Bonchev–Trinajstić information content (AvgIpc) is 2.89. The predicted molar refractivity (Wildman–Crippen MR) is 73.9 cm³/mol. The highest BCUT2D eigenvalue weighted by Crippen LogP contribution is 2.37. The normalized spacial score (nSPS) is 35.6. The molecule has 0 aromatic carbocycles. The van der Waals surface area contributed by atoms with Gasteiger partial charge in [0.2, 0.25) is 0 Å². The second-order valence-electron chi connectivity index (χ2n) is 6.29. The molecule has 4 heteroatoms. The van der Waals surface area contributed by atoms with Crippen LogP contribution in [0.25, 0.3) is 0 Å². The number of methoxy groups -OCH3 is 1. The third-order valence-corrected chi connectivity index (χ3v) is 4.89. The van der Waals surface area contributed by atoms with Crippen LogP contribution in [0, 0.1) is 11.3 Å². The maximum absolute atomic E-state index is 12.6. The fourth-order valence-electron chi connectivity index (χ4n) is 3.31. The molecule has 0 spiro atoms. The number of hydrogen-bond donors (Lipinski definition) is 1. The molecule has 0 aromatic rings. The van der Waals surface area contributed by atoms with Crippen LogP contribution < -0.4 is 5.32 Å². The summed E-state index contributed by atoms with van der Waals surface area (Å²) in [6.07, 6.45) is 5.19. The van der Waals surface area contributed by atoms with E-state index < -0.39 is 0 Å². The van der Waals surface area contributed by atoms with Crippen molar-refractivity contribution in [3.63, 3.8) is 0 Å². The molecule has 1 saturated carbocycles. The Hall–Kier alpha value is -0.610. The molecule has 19 heavy (non-hydrogen) atoms. The summed E-state index contributed by atoms with van der Waals surface area (Å²) in [4.78, 5) is 12.6. The van der Waals surface area contributed by atoms with Gasteiger partial charge in [-0.15, -0.1) is 0 Å². The number of nitrogens with one attached hydrogen (secondary N) is 1. The Kier molecular flexibility index (Phi) is 4.85. The lowest BCUT2D eigenvalue weighted by atomic mass is 9.76. The SMILES string of the molecule is COC1CCCC(OC(=O)C2(C(C)C)CCNC2)C1. The van der Waals surface area contributed by atoms with Gasteiger partial charge in [-0.2, -0.15) is 0 Å². The minimum absolute atomic E-state index is 0.00532. The smallest absolute Gasteiger partial charge is 0.313 e. The number of carbonyl (C=O) groups is 1.